The topological polar surface area (TPSA) is 91.8 Å². The van der Waals surface area contributed by atoms with Gasteiger partial charge in [0.25, 0.3) is 23.6 Å². The lowest BCUT2D eigenvalue weighted by Crippen LogP contribution is -2.30. The number of benzene rings is 2. The van der Waals surface area contributed by atoms with E-state index in [0.717, 1.165) is 12.8 Å². The first-order valence-electron chi connectivity index (χ1n) is 10.9. The maximum Gasteiger partial charge on any atom is 0.261 e. The second kappa shape index (κ2) is 8.49. The third-order valence-electron chi connectivity index (χ3n) is 5.94. The minimum atomic E-state index is -0.394. The van der Waals surface area contributed by atoms with Gasteiger partial charge in [0.1, 0.15) is 0 Å². The van der Waals surface area contributed by atoms with E-state index in [1.807, 2.05) is 13.8 Å². The van der Waals surface area contributed by atoms with Gasteiger partial charge in [0.05, 0.1) is 22.3 Å². The van der Waals surface area contributed by atoms with E-state index < -0.39 is 11.8 Å². The Labute approximate surface area is 186 Å². The van der Waals surface area contributed by atoms with Gasteiger partial charge in [-0.1, -0.05) is 38.8 Å². The molecule has 0 radical (unpaired) electrons. The average molecular weight is 432 g/mol. The molecule has 4 amide bonds. The zero-order chi connectivity index (χ0) is 23.0. The van der Waals surface area contributed by atoms with E-state index in [1.165, 1.54) is 46.2 Å². The van der Waals surface area contributed by atoms with Gasteiger partial charge in [0.15, 0.2) is 5.78 Å². The molecular formula is C25H24N2O5. The quantitative estimate of drug-likeness (QED) is 0.468. The molecule has 2 heterocycles. The molecule has 2 aromatic carbocycles. The number of unbranched alkanes of at least 4 members (excludes halogenated alkanes) is 2. The fourth-order valence-electron chi connectivity index (χ4n) is 4.07. The van der Waals surface area contributed by atoms with Crippen LogP contribution in [0.15, 0.2) is 36.4 Å². The van der Waals surface area contributed by atoms with Crippen molar-refractivity contribution in [3.8, 4) is 0 Å². The van der Waals surface area contributed by atoms with Crippen LogP contribution in [0.25, 0.3) is 0 Å². The largest absolute Gasteiger partial charge is 0.289 e. The van der Waals surface area contributed by atoms with Gasteiger partial charge in [-0.25, -0.2) is 0 Å². The first-order valence-corrected chi connectivity index (χ1v) is 10.9. The normalized spacial score (nSPS) is 14.9. The summed E-state index contributed by atoms with van der Waals surface area (Å²) in [5, 5.41) is 0. The highest BCUT2D eigenvalue weighted by molar-refractivity contribution is 6.24. The zero-order valence-electron chi connectivity index (χ0n) is 18.1. The Morgan fingerprint density at radius 2 is 1.00 bits per heavy atom. The number of carbonyl (C=O) groups is 5. The summed E-state index contributed by atoms with van der Waals surface area (Å²) in [6.07, 6.45) is 3.14. The SMILES string of the molecule is CCCCN1C(=O)c2ccc(C(=O)c3ccc4c(c3)C(=O)N(CCCC)C4=O)cc2C1=O. The second-order valence-corrected chi connectivity index (χ2v) is 8.08. The van der Waals surface area contributed by atoms with Crippen molar-refractivity contribution in [3.05, 3.63) is 69.8 Å². The van der Waals surface area contributed by atoms with E-state index in [9.17, 15) is 24.0 Å². The molecule has 0 unspecified atom stereocenters. The molecule has 2 aromatic rings. The van der Waals surface area contributed by atoms with Crippen molar-refractivity contribution in [2.45, 2.75) is 39.5 Å². The molecule has 0 aromatic heterocycles. The number of carbonyl (C=O) groups excluding carboxylic acids is 5. The fourth-order valence-corrected chi connectivity index (χ4v) is 4.07. The fraction of sp³-hybridized carbons (Fsp3) is 0.320. The minimum Gasteiger partial charge on any atom is -0.289 e. The number of amides is 4. The van der Waals surface area contributed by atoms with Gasteiger partial charge >= 0.3 is 0 Å². The van der Waals surface area contributed by atoms with Crippen LogP contribution >= 0.6 is 0 Å². The molecule has 0 fully saturated rings. The lowest BCUT2D eigenvalue weighted by molar-refractivity contribution is 0.0636. The predicted molar refractivity (Wildman–Crippen MR) is 117 cm³/mol. The van der Waals surface area contributed by atoms with Gasteiger partial charge in [0, 0.05) is 24.2 Å². The number of fused-ring (bicyclic) bond motifs is 2. The third-order valence-corrected chi connectivity index (χ3v) is 5.94. The first-order chi connectivity index (χ1) is 15.4. The number of imide groups is 2. The molecule has 0 spiro atoms. The van der Waals surface area contributed by atoms with Gasteiger partial charge in [-0.2, -0.15) is 0 Å². The van der Waals surface area contributed by atoms with Crippen LogP contribution in [-0.2, 0) is 0 Å². The summed E-state index contributed by atoms with van der Waals surface area (Å²) in [6.45, 7) is 4.66. The van der Waals surface area contributed by atoms with Crippen LogP contribution in [0, 0.1) is 0 Å². The van der Waals surface area contributed by atoms with Crippen molar-refractivity contribution in [2.75, 3.05) is 13.1 Å². The van der Waals surface area contributed by atoms with Crippen LogP contribution < -0.4 is 0 Å². The Morgan fingerprint density at radius 3 is 1.38 bits per heavy atom. The van der Waals surface area contributed by atoms with Gasteiger partial charge in [-0.3, -0.25) is 33.8 Å². The maximum absolute atomic E-state index is 13.1. The van der Waals surface area contributed by atoms with Crippen LogP contribution in [-0.4, -0.2) is 52.3 Å². The molecule has 2 aliphatic heterocycles. The van der Waals surface area contributed by atoms with Gasteiger partial charge in [-0.15, -0.1) is 0 Å². The summed E-state index contributed by atoms with van der Waals surface area (Å²) >= 11 is 0. The molecule has 0 aliphatic carbocycles. The van der Waals surface area contributed by atoms with Gasteiger partial charge in [0.2, 0.25) is 0 Å². The Hall–Kier alpha value is -3.61. The Kier molecular flexibility index (Phi) is 5.74. The van der Waals surface area contributed by atoms with E-state index in [-0.39, 0.29) is 39.9 Å². The number of hydrogen-bond donors (Lipinski definition) is 0. The molecule has 0 saturated carbocycles. The smallest absolute Gasteiger partial charge is 0.261 e. The molecule has 32 heavy (non-hydrogen) atoms. The van der Waals surface area contributed by atoms with Crippen molar-refractivity contribution in [1.29, 1.82) is 0 Å². The third kappa shape index (κ3) is 3.43. The van der Waals surface area contributed by atoms with Crippen molar-refractivity contribution < 1.29 is 24.0 Å². The summed E-state index contributed by atoms with van der Waals surface area (Å²) in [7, 11) is 0. The molecule has 0 N–H and O–H groups in total. The van der Waals surface area contributed by atoms with E-state index in [2.05, 4.69) is 0 Å². The summed E-state index contributed by atoms with van der Waals surface area (Å²) in [6, 6.07) is 8.93. The molecular weight excluding hydrogens is 408 g/mol. The molecule has 0 bridgehead atoms. The Morgan fingerprint density at radius 1 is 0.625 bits per heavy atom. The molecule has 0 saturated heterocycles. The summed E-state index contributed by atoms with van der Waals surface area (Å²) in [4.78, 5) is 65.9. The molecule has 7 nitrogen and oxygen atoms in total. The molecule has 7 heteroatoms. The monoisotopic (exact) mass is 432 g/mol. The summed E-state index contributed by atoms with van der Waals surface area (Å²) < 4.78 is 0. The van der Waals surface area contributed by atoms with Gasteiger partial charge in [-0.05, 0) is 37.1 Å². The highest BCUT2D eigenvalue weighted by Crippen LogP contribution is 2.28. The van der Waals surface area contributed by atoms with Crippen LogP contribution in [0.2, 0.25) is 0 Å². The first kappa shape index (κ1) is 21.6. The number of ketones is 1. The van der Waals surface area contributed by atoms with Gasteiger partial charge < -0.3 is 0 Å². The lowest BCUT2D eigenvalue weighted by Gasteiger charge is -2.12. The predicted octanol–water partition coefficient (Wildman–Crippen LogP) is 3.71. The average Bonchev–Trinajstić information content (AvgIpc) is 3.19. The van der Waals surface area contributed by atoms with E-state index in [1.54, 1.807) is 0 Å². The van der Waals surface area contributed by atoms with Crippen LogP contribution in [0.5, 0.6) is 0 Å². The standard InChI is InChI=1S/C25H24N2O5/c1-3-5-11-26-22(29)17-9-7-15(13-19(17)24(26)31)21(28)16-8-10-18-20(14-16)25(32)27(23(18)30)12-6-4-2/h7-10,13-14H,3-6,11-12H2,1-2H3. The lowest BCUT2D eigenvalue weighted by atomic mass is 9.96. The highest BCUT2D eigenvalue weighted by Gasteiger charge is 2.37. The number of nitrogens with zero attached hydrogens (tertiary/aromatic N) is 2. The number of rotatable bonds is 8. The van der Waals surface area contributed by atoms with E-state index in [4.69, 9.17) is 0 Å². The molecule has 2 aliphatic rings. The van der Waals surface area contributed by atoms with E-state index >= 15 is 0 Å². The van der Waals surface area contributed by atoms with Crippen LogP contribution in [0.1, 0.15) is 96.9 Å². The summed E-state index contributed by atoms with van der Waals surface area (Å²) in [5.74, 6) is -1.85. The zero-order valence-corrected chi connectivity index (χ0v) is 18.1. The van der Waals surface area contributed by atoms with Crippen molar-refractivity contribution in [3.63, 3.8) is 0 Å². The molecule has 164 valence electrons. The number of hydrogen-bond acceptors (Lipinski definition) is 5. The highest BCUT2D eigenvalue weighted by atomic mass is 16.2. The van der Waals surface area contributed by atoms with Crippen molar-refractivity contribution in [1.82, 2.24) is 9.80 Å². The van der Waals surface area contributed by atoms with Crippen LogP contribution in [0.4, 0.5) is 0 Å². The Balaban J connectivity index is 1.62. The van der Waals surface area contributed by atoms with Crippen molar-refractivity contribution >= 4 is 29.4 Å². The maximum atomic E-state index is 13.1. The second-order valence-electron chi connectivity index (χ2n) is 8.08. The van der Waals surface area contributed by atoms with Crippen LogP contribution in [0.3, 0.4) is 0 Å². The molecule has 4 rings (SSSR count). The van der Waals surface area contributed by atoms with Crippen molar-refractivity contribution in [2.24, 2.45) is 0 Å². The van der Waals surface area contributed by atoms with E-state index in [0.29, 0.717) is 37.1 Å². The Bertz CT molecular complexity index is 1080. The minimum absolute atomic E-state index is 0.218. The summed E-state index contributed by atoms with van der Waals surface area (Å²) in [5.41, 5.74) is 1.53. The molecule has 0 atom stereocenters.